The number of rotatable bonds is 7. The van der Waals surface area contributed by atoms with Crippen molar-refractivity contribution >= 4 is 15.7 Å². The summed E-state index contributed by atoms with van der Waals surface area (Å²) in [7, 11) is -3.34. The van der Waals surface area contributed by atoms with Crippen molar-refractivity contribution in [3.05, 3.63) is 65.7 Å². The third-order valence-corrected chi connectivity index (χ3v) is 5.18. The van der Waals surface area contributed by atoms with Crippen LogP contribution in [0.4, 0.5) is 0 Å². The molecule has 2 rings (SSSR count). The first-order valence-electron chi connectivity index (χ1n) is 7.30. The molecule has 5 nitrogen and oxygen atoms in total. The summed E-state index contributed by atoms with van der Waals surface area (Å²) >= 11 is 0. The van der Waals surface area contributed by atoms with Gasteiger partial charge in [0.15, 0.2) is 9.84 Å². The zero-order valence-corrected chi connectivity index (χ0v) is 13.4. The van der Waals surface area contributed by atoms with Gasteiger partial charge in [-0.05, 0) is 36.1 Å². The van der Waals surface area contributed by atoms with Gasteiger partial charge in [-0.2, -0.15) is 0 Å². The number of carbonyl (C=O) groups is 1. The first kappa shape index (κ1) is 17.2. The Bertz CT molecular complexity index is 740. The molecule has 2 aromatic rings. The van der Waals surface area contributed by atoms with E-state index >= 15 is 0 Å². The van der Waals surface area contributed by atoms with Crippen LogP contribution in [0.2, 0.25) is 0 Å². The van der Waals surface area contributed by atoms with E-state index in [0.717, 1.165) is 11.1 Å². The summed E-state index contributed by atoms with van der Waals surface area (Å²) in [6.07, 6.45) is 1.56. The van der Waals surface area contributed by atoms with Crippen molar-refractivity contribution < 1.29 is 18.4 Å². The standard InChI is InChI=1S/C17H19NO4S/c19-17(18-20)8-4-5-14-9-11-15(12-10-14)13-23(21,22)16-6-2-1-3-7-16/h1-3,6-7,9-12,20H,4-5,8,13H2,(H,18,19). The Morgan fingerprint density at radius 1 is 0.957 bits per heavy atom. The number of aryl methyl sites for hydroxylation is 1. The van der Waals surface area contributed by atoms with E-state index in [9.17, 15) is 13.2 Å². The SMILES string of the molecule is O=C(CCCc1ccc(CS(=O)(=O)c2ccccc2)cc1)NO. The van der Waals surface area contributed by atoms with E-state index in [1.165, 1.54) is 0 Å². The molecule has 0 bridgehead atoms. The number of hydrogen-bond donors (Lipinski definition) is 2. The Morgan fingerprint density at radius 2 is 1.57 bits per heavy atom. The van der Waals surface area contributed by atoms with Crippen LogP contribution in [0.5, 0.6) is 0 Å². The van der Waals surface area contributed by atoms with Crippen molar-refractivity contribution in [2.45, 2.75) is 29.9 Å². The van der Waals surface area contributed by atoms with Crippen molar-refractivity contribution in [3.63, 3.8) is 0 Å². The van der Waals surface area contributed by atoms with Gasteiger partial charge in [-0.15, -0.1) is 0 Å². The maximum absolute atomic E-state index is 12.3. The summed E-state index contributed by atoms with van der Waals surface area (Å²) in [4.78, 5) is 11.2. The number of hydrogen-bond acceptors (Lipinski definition) is 4. The van der Waals surface area contributed by atoms with Gasteiger partial charge in [0.1, 0.15) is 0 Å². The highest BCUT2D eigenvalue weighted by Crippen LogP contribution is 2.17. The Morgan fingerprint density at radius 3 is 2.17 bits per heavy atom. The van der Waals surface area contributed by atoms with Gasteiger partial charge < -0.3 is 0 Å². The summed E-state index contributed by atoms with van der Waals surface area (Å²) in [6, 6.07) is 15.7. The lowest BCUT2D eigenvalue weighted by atomic mass is 10.1. The molecule has 2 N–H and O–H groups in total. The predicted molar refractivity (Wildman–Crippen MR) is 86.6 cm³/mol. The van der Waals surface area contributed by atoms with E-state index in [-0.39, 0.29) is 12.2 Å². The normalized spacial score (nSPS) is 11.2. The highest BCUT2D eigenvalue weighted by molar-refractivity contribution is 7.90. The van der Waals surface area contributed by atoms with Crippen LogP contribution in [-0.2, 0) is 26.8 Å². The molecule has 0 heterocycles. The van der Waals surface area contributed by atoms with Gasteiger partial charge in [-0.25, -0.2) is 13.9 Å². The molecule has 6 heteroatoms. The van der Waals surface area contributed by atoms with Gasteiger partial charge in [0.2, 0.25) is 5.91 Å². The minimum absolute atomic E-state index is 0.0375. The number of carbonyl (C=O) groups excluding carboxylic acids is 1. The van der Waals surface area contributed by atoms with E-state index in [1.807, 2.05) is 12.1 Å². The molecule has 0 spiro atoms. The molecule has 0 aromatic heterocycles. The molecule has 0 aliphatic rings. The molecule has 0 saturated carbocycles. The van der Waals surface area contributed by atoms with Crippen LogP contribution >= 0.6 is 0 Å². The average Bonchev–Trinajstić information content (AvgIpc) is 2.57. The smallest absolute Gasteiger partial charge is 0.243 e. The van der Waals surface area contributed by atoms with Crippen molar-refractivity contribution in [1.29, 1.82) is 0 Å². The molecule has 0 radical (unpaired) electrons. The predicted octanol–water partition coefficient (Wildman–Crippen LogP) is 2.49. The second-order valence-electron chi connectivity index (χ2n) is 5.28. The lowest BCUT2D eigenvalue weighted by molar-refractivity contribution is -0.129. The van der Waals surface area contributed by atoms with Crippen LogP contribution in [0.3, 0.4) is 0 Å². The fraction of sp³-hybridized carbons (Fsp3) is 0.235. The highest BCUT2D eigenvalue weighted by Gasteiger charge is 2.14. The molecule has 122 valence electrons. The van der Waals surface area contributed by atoms with Gasteiger partial charge in [-0.3, -0.25) is 10.0 Å². The zero-order valence-electron chi connectivity index (χ0n) is 12.6. The number of sulfone groups is 1. The minimum atomic E-state index is -3.34. The molecular weight excluding hydrogens is 314 g/mol. The monoisotopic (exact) mass is 333 g/mol. The van der Waals surface area contributed by atoms with E-state index in [1.54, 1.807) is 47.9 Å². The van der Waals surface area contributed by atoms with Gasteiger partial charge >= 0.3 is 0 Å². The Kier molecular flexibility index (Phi) is 5.90. The fourth-order valence-electron chi connectivity index (χ4n) is 2.24. The third kappa shape index (κ3) is 5.19. The van der Waals surface area contributed by atoms with Gasteiger partial charge in [0.05, 0.1) is 10.6 Å². The van der Waals surface area contributed by atoms with Crippen LogP contribution in [-0.4, -0.2) is 19.5 Å². The topological polar surface area (TPSA) is 83.5 Å². The summed E-state index contributed by atoms with van der Waals surface area (Å²) in [5, 5.41) is 8.41. The molecule has 2 aromatic carbocycles. The lowest BCUT2D eigenvalue weighted by Gasteiger charge is -2.06. The largest absolute Gasteiger partial charge is 0.289 e. The molecule has 0 fully saturated rings. The van der Waals surface area contributed by atoms with Crippen LogP contribution in [0, 0.1) is 0 Å². The molecule has 0 saturated heterocycles. The molecule has 1 amide bonds. The number of hydroxylamine groups is 1. The lowest BCUT2D eigenvalue weighted by Crippen LogP contribution is -2.18. The Balaban J connectivity index is 1.96. The number of nitrogens with one attached hydrogen (secondary N) is 1. The molecule has 0 unspecified atom stereocenters. The van der Waals surface area contributed by atoms with Gasteiger partial charge in [-0.1, -0.05) is 42.5 Å². The van der Waals surface area contributed by atoms with Crippen LogP contribution in [0.1, 0.15) is 24.0 Å². The van der Waals surface area contributed by atoms with E-state index in [4.69, 9.17) is 5.21 Å². The molecule has 0 aliphatic heterocycles. The van der Waals surface area contributed by atoms with Crippen LogP contribution in [0.25, 0.3) is 0 Å². The fourth-order valence-corrected chi connectivity index (χ4v) is 3.61. The van der Waals surface area contributed by atoms with E-state index in [2.05, 4.69) is 0 Å². The van der Waals surface area contributed by atoms with Crippen molar-refractivity contribution in [2.24, 2.45) is 0 Å². The van der Waals surface area contributed by atoms with Crippen LogP contribution < -0.4 is 5.48 Å². The average molecular weight is 333 g/mol. The van der Waals surface area contributed by atoms with E-state index in [0.29, 0.717) is 17.7 Å². The first-order valence-corrected chi connectivity index (χ1v) is 8.95. The van der Waals surface area contributed by atoms with Gasteiger partial charge in [0.25, 0.3) is 0 Å². The van der Waals surface area contributed by atoms with E-state index < -0.39 is 15.7 Å². The molecule has 0 atom stereocenters. The molecular formula is C17H19NO4S. The van der Waals surface area contributed by atoms with Crippen molar-refractivity contribution in [2.75, 3.05) is 0 Å². The molecule has 23 heavy (non-hydrogen) atoms. The van der Waals surface area contributed by atoms with Crippen LogP contribution in [0.15, 0.2) is 59.5 Å². The number of benzene rings is 2. The highest BCUT2D eigenvalue weighted by atomic mass is 32.2. The van der Waals surface area contributed by atoms with Crippen molar-refractivity contribution in [1.82, 2.24) is 5.48 Å². The summed E-state index contributed by atoms with van der Waals surface area (Å²) in [5.74, 6) is -0.444. The quantitative estimate of drug-likeness (QED) is 0.602. The maximum Gasteiger partial charge on any atom is 0.243 e. The zero-order chi connectivity index (χ0) is 16.7. The second kappa shape index (κ2) is 7.89. The van der Waals surface area contributed by atoms with Crippen molar-refractivity contribution in [3.8, 4) is 0 Å². The Hall–Kier alpha value is -2.18. The summed E-state index contributed by atoms with van der Waals surface area (Å²) < 4.78 is 24.6. The summed E-state index contributed by atoms with van der Waals surface area (Å²) in [5.41, 5.74) is 3.35. The first-order chi connectivity index (χ1) is 11.0. The summed E-state index contributed by atoms with van der Waals surface area (Å²) in [6.45, 7) is 0. The number of amides is 1. The second-order valence-corrected chi connectivity index (χ2v) is 7.27. The third-order valence-electron chi connectivity index (χ3n) is 3.48. The minimum Gasteiger partial charge on any atom is -0.289 e. The van der Waals surface area contributed by atoms with Gasteiger partial charge in [0, 0.05) is 6.42 Å². The Labute approximate surface area is 135 Å². The maximum atomic E-state index is 12.3. The molecule has 0 aliphatic carbocycles.